The number of carbonyl (C=O) groups is 1. The van der Waals surface area contributed by atoms with Gasteiger partial charge in [0.1, 0.15) is 36.6 Å². The summed E-state index contributed by atoms with van der Waals surface area (Å²) in [5, 5.41) is 76.5. The normalized spacial score (nSPS) is 19.1. The zero-order valence-electron chi connectivity index (χ0n) is 54.5. The maximum absolute atomic E-state index is 13.2. The molecule has 0 saturated carbocycles. The fourth-order valence-electron chi connectivity index (χ4n) is 11.9. The van der Waals surface area contributed by atoms with E-state index < -0.39 is 74.2 Å². The minimum absolute atomic E-state index is 0.249. The number of unbranched alkanes of at least 4 members (excludes halogenated alkanes) is 48. The third kappa shape index (κ3) is 48.2. The third-order valence-corrected chi connectivity index (χ3v) is 17.7. The van der Waals surface area contributed by atoms with E-state index in [9.17, 15) is 40.5 Å². The summed E-state index contributed by atoms with van der Waals surface area (Å²) in [5.74, 6) is -0.703. The number of amides is 1. The fraction of sp³-hybridized carbons (Fsp3) is 0.931. The number of allylic oxidation sites excluding steroid dienone is 4. The Kier molecular flexibility index (Phi) is 58.4. The van der Waals surface area contributed by atoms with Gasteiger partial charge in [0.2, 0.25) is 5.91 Å². The zero-order chi connectivity index (χ0) is 60.3. The Morgan fingerprint density at radius 2 is 0.723 bits per heavy atom. The topological polar surface area (TPSA) is 189 Å². The van der Waals surface area contributed by atoms with Gasteiger partial charge in [-0.1, -0.05) is 334 Å². The molecule has 0 radical (unpaired) electrons. The Hall–Kier alpha value is -1.41. The molecule has 1 heterocycles. The van der Waals surface area contributed by atoms with Crippen LogP contribution in [0.4, 0.5) is 0 Å². The second kappa shape index (κ2) is 60.9. The molecule has 8 N–H and O–H groups in total. The van der Waals surface area contributed by atoms with Crippen molar-refractivity contribution >= 4 is 5.91 Å². The van der Waals surface area contributed by atoms with Crippen LogP contribution in [-0.4, -0.2) is 110 Å². The van der Waals surface area contributed by atoms with Gasteiger partial charge < -0.3 is 50.5 Å². The van der Waals surface area contributed by atoms with E-state index in [4.69, 9.17) is 9.47 Å². The van der Waals surface area contributed by atoms with E-state index in [1.54, 1.807) is 0 Å². The zero-order valence-corrected chi connectivity index (χ0v) is 54.5. The lowest BCUT2D eigenvalue weighted by molar-refractivity contribution is -0.303. The van der Waals surface area contributed by atoms with Crippen LogP contribution in [0.5, 0.6) is 0 Å². The molecule has 1 amide bonds. The average Bonchev–Trinajstić information content (AvgIpc) is 3.68. The molecule has 1 saturated heterocycles. The monoisotopic (exact) mass is 1180 g/mol. The minimum Gasteiger partial charge on any atom is -0.394 e. The highest BCUT2D eigenvalue weighted by Crippen LogP contribution is 2.24. The molecule has 9 atom stereocenters. The largest absolute Gasteiger partial charge is 0.394 e. The summed E-state index contributed by atoms with van der Waals surface area (Å²) in [7, 11) is 0. The molecule has 9 unspecified atom stereocenters. The third-order valence-electron chi connectivity index (χ3n) is 17.7. The first kappa shape index (κ1) is 79.6. The van der Waals surface area contributed by atoms with Gasteiger partial charge >= 0.3 is 0 Å². The van der Waals surface area contributed by atoms with Gasteiger partial charge in [0.15, 0.2) is 6.29 Å². The van der Waals surface area contributed by atoms with Crippen molar-refractivity contribution in [1.82, 2.24) is 5.32 Å². The van der Waals surface area contributed by atoms with Gasteiger partial charge in [0, 0.05) is 0 Å². The maximum atomic E-state index is 13.2. The number of nitrogens with one attached hydrogen (secondary N) is 1. The first-order chi connectivity index (χ1) is 40.7. The molecule has 0 aromatic carbocycles. The van der Waals surface area contributed by atoms with Crippen LogP contribution in [0.25, 0.3) is 0 Å². The number of rotatable bonds is 64. The summed E-state index contributed by atoms with van der Waals surface area (Å²) in [6, 6.07) is -1.19. The standard InChI is InChI=1S/C72H139NO10/c1-3-5-7-9-11-13-15-17-19-21-23-25-27-28-29-30-31-32-33-34-35-36-37-38-40-42-44-46-48-50-52-54-56-58-60-65(76)71(81)73-63(62-82-72-70(80)69(79)68(78)66(61-74)83-72)67(77)64(75)59-57-55-53-51-49-47-45-43-41-39-26-24-22-20-18-16-14-12-10-8-6-4-2/h43,45,51,53,63-70,72,74-80H,3-42,44,46-50,52,54-62H2,1-2H3,(H,73,81)/b45-43+,53-51+. The van der Waals surface area contributed by atoms with Crippen molar-refractivity contribution in [1.29, 1.82) is 0 Å². The molecule has 1 rings (SSSR count). The highest BCUT2D eigenvalue weighted by Gasteiger charge is 2.44. The summed E-state index contributed by atoms with van der Waals surface area (Å²) in [6.07, 6.45) is 65.7. The minimum atomic E-state index is -1.67. The number of aliphatic hydroxyl groups is 7. The van der Waals surface area contributed by atoms with Gasteiger partial charge in [0.05, 0.1) is 25.4 Å². The second-order valence-electron chi connectivity index (χ2n) is 25.7. The number of hydrogen-bond acceptors (Lipinski definition) is 10. The van der Waals surface area contributed by atoms with Crippen molar-refractivity contribution in [3.8, 4) is 0 Å². The molecule has 1 aliphatic heterocycles. The number of hydrogen-bond donors (Lipinski definition) is 8. The van der Waals surface area contributed by atoms with Crippen LogP contribution in [-0.2, 0) is 14.3 Å². The van der Waals surface area contributed by atoms with E-state index in [0.29, 0.717) is 19.3 Å². The Bertz CT molecular complexity index is 1400. The van der Waals surface area contributed by atoms with Gasteiger partial charge in [0.25, 0.3) is 0 Å². The predicted octanol–water partition coefficient (Wildman–Crippen LogP) is 17.6. The van der Waals surface area contributed by atoms with Crippen molar-refractivity contribution in [3.05, 3.63) is 24.3 Å². The summed E-state index contributed by atoms with van der Waals surface area (Å²) in [6.45, 7) is 3.50. The van der Waals surface area contributed by atoms with Crippen molar-refractivity contribution in [2.45, 2.75) is 416 Å². The number of ether oxygens (including phenoxy) is 2. The Balaban J connectivity index is 2.17. The van der Waals surface area contributed by atoms with E-state index in [0.717, 1.165) is 38.5 Å². The average molecular weight is 1180 g/mol. The van der Waals surface area contributed by atoms with Crippen LogP contribution in [0.15, 0.2) is 24.3 Å². The van der Waals surface area contributed by atoms with Crippen LogP contribution in [0.3, 0.4) is 0 Å². The molecule has 492 valence electrons. The van der Waals surface area contributed by atoms with Crippen LogP contribution < -0.4 is 5.32 Å². The molecular weight excluding hydrogens is 1040 g/mol. The van der Waals surface area contributed by atoms with E-state index >= 15 is 0 Å². The van der Waals surface area contributed by atoms with Crippen LogP contribution in [0.2, 0.25) is 0 Å². The molecule has 11 nitrogen and oxygen atoms in total. The fourth-order valence-corrected chi connectivity index (χ4v) is 11.9. The molecule has 0 aliphatic carbocycles. The van der Waals surface area contributed by atoms with Gasteiger partial charge in [-0.2, -0.15) is 0 Å². The maximum Gasteiger partial charge on any atom is 0.249 e. The van der Waals surface area contributed by atoms with E-state index in [-0.39, 0.29) is 12.8 Å². The van der Waals surface area contributed by atoms with Gasteiger partial charge in [-0.15, -0.1) is 0 Å². The quantitative estimate of drug-likeness (QED) is 0.0215. The smallest absolute Gasteiger partial charge is 0.249 e. The van der Waals surface area contributed by atoms with Gasteiger partial charge in [-0.25, -0.2) is 0 Å². The summed E-state index contributed by atoms with van der Waals surface area (Å²) in [5.41, 5.74) is 0. The van der Waals surface area contributed by atoms with E-state index in [1.807, 2.05) is 0 Å². The summed E-state index contributed by atoms with van der Waals surface area (Å²) in [4.78, 5) is 13.2. The highest BCUT2D eigenvalue weighted by atomic mass is 16.7. The molecule has 0 spiro atoms. The lowest BCUT2D eigenvalue weighted by Crippen LogP contribution is -2.60. The first-order valence-electron chi connectivity index (χ1n) is 36.2. The van der Waals surface area contributed by atoms with Crippen LogP contribution >= 0.6 is 0 Å². The summed E-state index contributed by atoms with van der Waals surface area (Å²) >= 11 is 0. The molecule has 1 fully saturated rings. The number of aliphatic hydroxyl groups excluding tert-OH is 7. The summed E-state index contributed by atoms with van der Waals surface area (Å²) < 4.78 is 11.2. The SMILES string of the molecule is CCCCCCCCCCCCCCC/C=C/CC/C=C/CCCC(O)C(O)C(COC1OC(CO)C(O)C(O)C1O)NC(=O)C(O)CCCCCCCCCCCCCCCCCCCCCCCCCCCCCCCCCCCC. The van der Waals surface area contributed by atoms with E-state index in [1.165, 1.54) is 276 Å². The molecule has 0 aromatic rings. The van der Waals surface area contributed by atoms with Gasteiger partial charge in [-0.3, -0.25) is 4.79 Å². The van der Waals surface area contributed by atoms with Crippen molar-refractivity contribution in [2.75, 3.05) is 13.2 Å². The molecule has 11 heteroatoms. The van der Waals surface area contributed by atoms with Crippen molar-refractivity contribution in [3.63, 3.8) is 0 Å². The van der Waals surface area contributed by atoms with Crippen LogP contribution in [0.1, 0.15) is 361 Å². The van der Waals surface area contributed by atoms with Crippen molar-refractivity contribution < 1.29 is 50.0 Å². The highest BCUT2D eigenvalue weighted by molar-refractivity contribution is 5.80. The Morgan fingerprint density at radius 1 is 0.410 bits per heavy atom. The Labute approximate surface area is 512 Å². The second-order valence-corrected chi connectivity index (χ2v) is 25.7. The molecule has 1 aliphatic rings. The Morgan fingerprint density at radius 3 is 1.07 bits per heavy atom. The molecule has 0 aromatic heterocycles. The lowest BCUT2D eigenvalue weighted by Gasteiger charge is -2.40. The van der Waals surface area contributed by atoms with E-state index in [2.05, 4.69) is 43.5 Å². The number of carbonyl (C=O) groups excluding carboxylic acids is 1. The molecular formula is C72H139NO10. The molecule has 0 bridgehead atoms. The van der Waals surface area contributed by atoms with Crippen LogP contribution in [0, 0.1) is 0 Å². The first-order valence-corrected chi connectivity index (χ1v) is 36.2. The molecule has 83 heavy (non-hydrogen) atoms. The predicted molar refractivity (Wildman–Crippen MR) is 349 cm³/mol. The van der Waals surface area contributed by atoms with Crippen molar-refractivity contribution in [2.24, 2.45) is 0 Å². The lowest BCUT2D eigenvalue weighted by atomic mass is 9.98. The van der Waals surface area contributed by atoms with Gasteiger partial charge in [-0.05, 0) is 51.4 Å².